The third-order valence-electron chi connectivity index (χ3n) is 2.59. The van der Waals surface area contributed by atoms with Crippen molar-refractivity contribution in [1.82, 2.24) is 4.90 Å². The summed E-state index contributed by atoms with van der Waals surface area (Å²) in [5.41, 5.74) is 6.76. The van der Waals surface area contributed by atoms with Crippen LogP contribution in [-0.2, 0) is 11.3 Å². The summed E-state index contributed by atoms with van der Waals surface area (Å²) in [6, 6.07) is 7.59. The van der Waals surface area contributed by atoms with Gasteiger partial charge in [-0.15, -0.1) is 0 Å². The minimum Gasteiger partial charge on any atom is -0.335 e. The second kappa shape index (κ2) is 6.17. The summed E-state index contributed by atoms with van der Waals surface area (Å²) >= 11 is 3.49. The summed E-state index contributed by atoms with van der Waals surface area (Å²) in [7, 11) is 0. The van der Waals surface area contributed by atoms with Gasteiger partial charge in [0.15, 0.2) is 0 Å². The fourth-order valence-corrected chi connectivity index (χ4v) is 2.00. The van der Waals surface area contributed by atoms with Crippen LogP contribution in [0.5, 0.6) is 0 Å². The number of benzene rings is 1. The number of halogens is 1. The zero-order valence-electron chi connectivity index (χ0n) is 10.5. The minimum atomic E-state index is -0.458. The third-order valence-corrected chi connectivity index (χ3v) is 3.37. The molecule has 94 valence electrons. The molecule has 0 aromatic heterocycles. The van der Waals surface area contributed by atoms with Crippen LogP contribution >= 0.6 is 15.9 Å². The number of rotatable bonds is 4. The van der Waals surface area contributed by atoms with Crippen LogP contribution in [0.25, 0.3) is 0 Å². The van der Waals surface area contributed by atoms with Gasteiger partial charge in [-0.3, -0.25) is 4.79 Å². The highest BCUT2D eigenvalue weighted by molar-refractivity contribution is 9.10. The molecule has 0 saturated heterocycles. The molecule has 1 aromatic rings. The molecule has 3 nitrogen and oxygen atoms in total. The summed E-state index contributed by atoms with van der Waals surface area (Å²) in [6.45, 7) is 6.30. The van der Waals surface area contributed by atoms with E-state index in [1.54, 1.807) is 11.8 Å². The molecule has 17 heavy (non-hydrogen) atoms. The Morgan fingerprint density at radius 2 is 1.94 bits per heavy atom. The number of amides is 1. The Morgan fingerprint density at radius 1 is 1.35 bits per heavy atom. The molecule has 0 aliphatic rings. The highest BCUT2D eigenvalue weighted by Gasteiger charge is 2.20. The Morgan fingerprint density at radius 3 is 2.41 bits per heavy atom. The van der Waals surface area contributed by atoms with Gasteiger partial charge in [-0.25, -0.2) is 0 Å². The van der Waals surface area contributed by atoms with E-state index in [9.17, 15) is 4.79 Å². The fourth-order valence-electron chi connectivity index (χ4n) is 1.59. The lowest BCUT2D eigenvalue weighted by Gasteiger charge is -2.28. The number of carbonyl (C=O) groups excluding carboxylic acids is 1. The molecule has 0 bridgehead atoms. The van der Waals surface area contributed by atoms with Crippen molar-refractivity contribution in [2.45, 2.75) is 39.4 Å². The Hall–Kier alpha value is -0.870. The standard InChI is InChI=1S/C13H19BrN2O/c1-9(2)16(13(17)10(3)15)8-11-6-4-5-7-12(11)14/h4-7,9-10H,8,15H2,1-3H3/t10-/m0/s1. The summed E-state index contributed by atoms with van der Waals surface area (Å²) in [5.74, 6) is -0.0178. The Labute approximate surface area is 111 Å². The molecule has 0 fully saturated rings. The van der Waals surface area contributed by atoms with Gasteiger partial charge in [0.1, 0.15) is 0 Å². The van der Waals surface area contributed by atoms with Crippen LogP contribution in [0.4, 0.5) is 0 Å². The number of hydrogen-bond acceptors (Lipinski definition) is 2. The van der Waals surface area contributed by atoms with Crippen LogP contribution < -0.4 is 5.73 Å². The average molecular weight is 299 g/mol. The molecule has 4 heteroatoms. The molecule has 0 unspecified atom stereocenters. The van der Waals surface area contributed by atoms with Gasteiger partial charge in [0, 0.05) is 17.1 Å². The molecule has 0 heterocycles. The molecule has 0 aliphatic heterocycles. The lowest BCUT2D eigenvalue weighted by Crippen LogP contribution is -2.45. The molecule has 0 spiro atoms. The highest BCUT2D eigenvalue weighted by atomic mass is 79.9. The molecule has 0 aliphatic carbocycles. The first-order chi connectivity index (χ1) is 7.93. The van der Waals surface area contributed by atoms with E-state index in [4.69, 9.17) is 5.73 Å². The van der Waals surface area contributed by atoms with Crippen LogP contribution in [-0.4, -0.2) is 22.9 Å². The van der Waals surface area contributed by atoms with Crippen molar-refractivity contribution in [3.05, 3.63) is 34.3 Å². The van der Waals surface area contributed by atoms with E-state index in [1.807, 2.05) is 38.1 Å². The molecule has 0 radical (unpaired) electrons. The molecule has 0 saturated carbocycles. The van der Waals surface area contributed by atoms with E-state index in [0.717, 1.165) is 10.0 Å². The van der Waals surface area contributed by atoms with Crippen molar-refractivity contribution in [2.75, 3.05) is 0 Å². The number of carbonyl (C=O) groups is 1. The summed E-state index contributed by atoms with van der Waals surface area (Å²) in [5, 5.41) is 0. The van der Waals surface area contributed by atoms with Gasteiger partial charge in [0.2, 0.25) is 5.91 Å². The molecular weight excluding hydrogens is 280 g/mol. The van der Waals surface area contributed by atoms with Crippen molar-refractivity contribution >= 4 is 21.8 Å². The third kappa shape index (κ3) is 3.82. The fraction of sp³-hybridized carbons (Fsp3) is 0.462. The van der Waals surface area contributed by atoms with E-state index in [0.29, 0.717) is 6.54 Å². The zero-order chi connectivity index (χ0) is 13.0. The normalized spacial score (nSPS) is 12.6. The smallest absolute Gasteiger partial charge is 0.239 e. The van der Waals surface area contributed by atoms with E-state index < -0.39 is 6.04 Å². The maximum absolute atomic E-state index is 12.0. The molecular formula is C13H19BrN2O. The van der Waals surface area contributed by atoms with Crippen LogP contribution in [0.15, 0.2) is 28.7 Å². The minimum absolute atomic E-state index is 0.0178. The van der Waals surface area contributed by atoms with Gasteiger partial charge in [-0.05, 0) is 32.4 Å². The van der Waals surface area contributed by atoms with Gasteiger partial charge < -0.3 is 10.6 Å². The lowest BCUT2D eigenvalue weighted by atomic mass is 10.1. The predicted molar refractivity (Wildman–Crippen MR) is 73.5 cm³/mol. The maximum atomic E-state index is 12.0. The van der Waals surface area contributed by atoms with Crippen LogP contribution in [0.2, 0.25) is 0 Å². The first-order valence-electron chi connectivity index (χ1n) is 5.73. The maximum Gasteiger partial charge on any atom is 0.239 e. The van der Waals surface area contributed by atoms with Gasteiger partial charge in [0.25, 0.3) is 0 Å². The number of hydrogen-bond donors (Lipinski definition) is 1. The number of nitrogens with zero attached hydrogens (tertiary/aromatic N) is 1. The van der Waals surface area contributed by atoms with Crippen LogP contribution in [0.3, 0.4) is 0 Å². The molecule has 1 atom stereocenters. The first kappa shape index (κ1) is 14.2. The summed E-state index contributed by atoms with van der Waals surface area (Å²) in [4.78, 5) is 13.8. The second-order valence-corrected chi connectivity index (χ2v) is 5.29. The topological polar surface area (TPSA) is 46.3 Å². The second-order valence-electron chi connectivity index (χ2n) is 4.44. The molecule has 2 N–H and O–H groups in total. The quantitative estimate of drug-likeness (QED) is 0.928. The van der Waals surface area contributed by atoms with Crippen LogP contribution in [0.1, 0.15) is 26.3 Å². The summed E-state index contributed by atoms with van der Waals surface area (Å²) in [6.07, 6.45) is 0. The Bertz CT molecular complexity index is 391. The average Bonchev–Trinajstić information content (AvgIpc) is 2.26. The largest absolute Gasteiger partial charge is 0.335 e. The monoisotopic (exact) mass is 298 g/mol. The van der Waals surface area contributed by atoms with E-state index in [2.05, 4.69) is 15.9 Å². The van der Waals surface area contributed by atoms with E-state index in [-0.39, 0.29) is 11.9 Å². The Kier molecular flexibility index (Phi) is 5.15. The Balaban J connectivity index is 2.88. The van der Waals surface area contributed by atoms with E-state index >= 15 is 0 Å². The van der Waals surface area contributed by atoms with Crippen molar-refractivity contribution in [3.63, 3.8) is 0 Å². The molecule has 1 aromatic carbocycles. The van der Waals surface area contributed by atoms with Crippen molar-refractivity contribution in [3.8, 4) is 0 Å². The van der Waals surface area contributed by atoms with Gasteiger partial charge in [0.05, 0.1) is 6.04 Å². The van der Waals surface area contributed by atoms with Gasteiger partial charge >= 0.3 is 0 Å². The SMILES string of the molecule is CC(C)N(Cc1ccccc1Br)C(=O)[C@H](C)N. The summed E-state index contributed by atoms with van der Waals surface area (Å²) < 4.78 is 1.02. The van der Waals surface area contributed by atoms with E-state index in [1.165, 1.54) is 0 Å². The zero-order valence-corrected chi connectivity index (χ0v) is 12.1. The predicted octanol–water partition coefficient (Wildman–Crippen LogP) is 2.53. The molecule has 1 amide bonds. The van der Waals surface area contributed by atoms with Crippen molar-refractivity contribution < 1.29 is 4.79 Å². The first-order valence-corrected chi connectivity index (χ1v) is 6.52. The van der Waals surface area contributed by atoms with Crippen molar-refractivity contribution in [2.24, 2.45) is 5.73 Å². The number of nitrogens with two attached hydrogens (primary N) is 1. The van der Waals surface area contributed by atoms with Crippen LogP contribution in [0, 0.1) is 0 Å². The lowest BCUT2D eigenvalue weighted by molar-refractivity contribution is -0.134. The van der Waals surface area contributed by atoms with Gasteiger partial charge in [-0.2, -0.15) is 0 Å². The van der Waals surface area contributed by atoms with Gasteiger partial charge in [-0.1, -0.05) is 34.1 Å². The molecule has 1 rings (SSSR count). The van der Waals surface area contributed by atoms with Crippen molar-refractivity contribution in [1.29, 1.82) is 0 Å². The highest BCUT2D eigenvalue weighted by Crippen LogP contribution is 2.19.